The highest BCUT2D eigenvalue weighted by molar-refractivity contribution is 5.99. The number of fused-ring (bicyclic) bond motifs is 1. The molecule has 1 aliphatic heterocycles. The van der Waals surface area contributed by atoms with E-state index < -0.39 is 0 Å². The van der Waals surface area contributed by atoms with Crippen molar-refractivity contribution in [1.82, 2.24) is 14.7 Å². The first-order valence-corrected chi connectivity index (χ1v) is 16.2. The first kappa shape index (κ1) is 31.9. The van der Waals surface area contributed by atoms with Crippen molar-refractivity contribution < 1.29 is 18.7 Å². The van der Waals surface area contributed by atoms with Gasteiger partial charge in [0.25, 0.3) is 0 Å². The molecule has 3 amide bonds. The summed E-state index contributed by atoms with van der Waals surface area (Å²) in [6.07, 6.45) is 4.77. The van der Waals surface area contributed by atoms with Crippen LogP contribution in [-0.2, 0) is 23.1 Å². The second-order valence-electron chi connectivity index (χ2n) is 13.5. The number of hydrogen-bond donors (Lipinski definition) is 2. The number of aromatic nitrogens is 2. The third kappa shape index (κ3) is 7.51. The van der Waals surface area contributed by atoms with E-state index in [1.54, 1.807) is 18.1 Å². The number of nitrogens with zero attached hydrogens (tertiary/aromatic N) is 3. The van der Waals surface area contributed by atoms with Crippen LogP contribution in [0.5, 0.6) is 5.75 Å². The molecule has 1 fully saturated rings. The summed E-state index contributed by atoms with van der Waals surface area (Å²) in [5.41, 5.74) is 6.27. The van der Waals surface area contributed by atoms with Crippen molar-refractivity contribution in [1.29, 1.82) is 0 Å². The van der Waals surface area contributed by atoms with E-state index in [0.29, 0.717) is 18.2 Å². The van der Waals surface area contributed by atoms with Crippen LogP contribution in [0.25, 0.3) is 16.7 Å². The Hall–Kier alpha value is -5.05. The molecule has 0 atom stereocenters. The number of carbonyl (C=O) groups is 2. The summed E-state index contributed by atoms with van der Waals surface area (Å²) in [6, 6.07) is 23.4. The number of piperidine rings is 1. The number of carbonyl (C=O) groups excluding carboxylic acids is 2. The number of nitrogens with one attached hydrogen (secondary N) is 2. The Balaban J connectivity index is 1.04. The number of methoxy groups -OCH3 is 1. The number of likely N-dealkylation sites (tertiary alicyclic amines) is 1. The lowest BCUT2D eigenvalue weighted by Gasteiger charge is -2.32. The summed E-state index contributed by atoms with van der Waals surface area (Å²) < 4.78 is 12.7. The van der Waals surface area contributed by atoms with Crippen molar-refractivity contribution in [3.63, 3.8) is 0 Å². The number of benzene rings is 3. The van der Waals surface area contributed by atoms with Gasteiger partial charge in [0.05, 0.1) is 31.2 Å². The average molecular weight is 634 g/mol. The monoisotopic (exact) mass is 633 g/mol. The van der Waals surface area contributed by atoms with Gasteiger partial charge in [0.15, 0.2) is 0 Å². The molecule has 0 aliphatic carbocycles. The molecule has 5 aromatic rings. The van der Waals surface area contributed by atoms with Gasteiger partial charge >= 0.3 is 6.03 Å². The molecular weight excluding hydrogens is 590 g/mol. The van der Waals surface area contributed by atoms with Crippen LogP contribution in [0.1, 0.15) is 56.0 Å². The fourth-order valence-electron chi connectivity index (χ4n) is 6.10. The molecule has 9 nitrogen and oxygen atoms in total. The molecule has 0 saturated carbocycles. The Labute approximate surface area is 275 Å². The van der Waals surface area contributed by atoms with E-state index in [-0.39, 0.29) is 17.4 Å². The van der Waals surface area contributed by atoms with E-state index in [9.17, 15) is 9.59 Å². The lowest BCUT2D eigenvalue weighted by molar-refractivity contribution is -0.131. The highest BCUT2D eigenvalue weighted by atomic mass is 16.5. The van der Waals surface area contributed by atoms with Gasteiger partial charge in [-0.1, -0.05) is 50.6 Å². The standard InChI is InChI=1S/C38H43N5O4/c1-25-9-11-30(12-10-25)43-35(23-34(41-43)38(2,3)4)40-37(45)39-29-8-6-7-27(20-29)19-26-15-17-42(18-16-26)36(44)21-28-24-47-33-22-31(46-5)13-14-32(28)33/h6-14,20,22-24,26H,15-19,21H2,1-5H3,(H2,39,40,45). The maximum absolute atomic E-state index is 13.2. The lowest BCUT2D eigenvalue weighted by atomic mass is 9.90. The maximum Gasteiger partial charge on any atom is 0.324 e. The van der Waals surface area contributed by atoms with Crippen LogP contribution in [0.4, 0.5) is 16.3 Å². The Morgan fingerprint density at radius 2 is 1.74 bits per heavy atom. The average Bonchev–Trinajstić information content (AvgIpc) is 3.66. The van der Waals surface area contributed by atoms with Gasteiger partial charge in [-0.15, -0.1) is 0 Å². The topological polar surface area (TPSA) is 102 Å². The fraction of sp³-hybridized carbons (Fsp3) is 0.342. The molecule has 6 rings (SSSR count). The smallest absolute Gasteiger partial charge is 0.324 e. The van der Waals surface area contributed by atoms with Gasteiger partial charge in [-0.05, 0) is 74.1 Å². The molecule has 47 heavy (non-hydrogen) atoms. The molecule has 244 valence electrons. The van der Waals surface area contributed by atoms with Crippen LogP contribution in [0.15, 0.2) is 83.5 Å². The molecule has 2 N–H and O–H groups in total. The number of urea groups is 1. The number of amides is 3. The second kappa shape index (κ2) is 13.4. The zero-order chi connectivity index (χ0) is 33.1. The molecule has 3 heterocycles. The molecule has 3 aromatic carbocycles. The van der Waals surface area contributed by atoms with Crippen molar-refractivity contribution in [2.45, 2.75) is 58.8 Å². The minimum absolute atomic E-state index is 0.123. The Kier molecular flexibility index (Phi) is 9.07. The van der Waals surface area contributed by atoms with E-state index in [0.717, 1.165) is 82.8 Å². The molecule has 2 aromatic heterocycles. The number of ether oxygens (including phenoxy) is 1. The van der Waals surface area contributed by atoms with E-state index in [2.05, 4.69) is 37.5 Å². The zero-order valence-electron chi connectivity index (χ0n) is 27.8. The van der Waals surface area contributed by atoms with E-state index >= 15 is 0 Å². The fourth-order valence-corrected chi connectivity index (χ4v) is 6.10. The van der Waals surface area contributed by atoms with Gasteiger partial charge < -0.3 is 19.4 Å². The van der Waals surface area contributed by atoms with Crippen molar-refractivity contribution in [2.75, 3.05) is 30.8 Å². The predicted octanol–water partition coefficient (Wildman–Crippen LogP) is 7.90. The van der Waals surface area contributed by atoms with Crippen LogP contribution in [0.3, 0.4) is 0 Å². The van der Waals surface area contributed by atoms with Gasteiger partial charge in [-0.25, -0.2) is 9.48 Å². The number of rotatable bonds is 8. The summed E-state index contributed by atoms with van der Waals surface area (Å²) in [5.74, 6) is 1.92. The van der Waals surface area contributed by atoms with Gasteiger partial charge in [0, 0.05) is 47.3 Å². The molecule has 0 unspecified atom stereocenters. The molecule has 0 radical (unpaired) electrons. The van der Waals surface area contributed by atoms with Crippen LogP contribution >= 0.6 is 0 Å². The Morgan fingerprint density at radius 1 is 0.979 bits per heavy atom. The van der Waals surface area contributed by atoms with E-state index in [1.807, 2.05) is 78.6 Å². The summed E-state index contributed by atoms with van der Waals surface area (Å²) in [6.45, 7) is 9.83. The van der Waals surface area contributed by atoms with Crippen molar-refractivity contribution in [2.24, 2.45) is 5.92 Å². The van der Waals surface area contributed by atoms with Gasteiger partial charge in [0.1, 0.15) is 17.2 Å². The maximum atomic E-state index is 13.2. The molecule has 0 bridgehead atoms. The van der Waals surface area contributed by atoms with Gasteiger partial charge in [0.2, 0.25) is 5.91 Å². The van der Waals surface area contributed by atoms with Crippen LogP contribution in [0, 0.1) is 12.8 Å². The number of aryl methyl sites for hydroxylation is 1. The first-order chi connectivity index (χ1) is 22.6. The third-order valence-electron chi connectivity index (χ3n) is 8.88. The van der Waals surface area contributed by atoms with Crippen LogP contribution in [0.2, 0.25) is 0 Å². The minimum atomic E-state index is -0.327. The number of anilines is 2. The van der Waals surface area contributed by atoms with Gasteiger partial charge in [-0.3, -0.25) is 10.1 Å². The van der Waals surface area contributed by atoms with E-state index in [4.69, 9.17) is 14.3 Å². The quantitative estimate of drug-likeness (QED) is 0.181. The van der Waals surface area contributed by atoms with Crippen LogP contribution < -0.4 is 15.4 Å². The molecular formula is C38H43N5O4. The summed E-state index contributed by atoms with van der Waals surface area (Å²) >= 11 is 0. The SMILES string of the molecule is COc1ccc2c(CC(=O)N3CCC(Cc4cccc(NC(=O)Nc5cc(C(C)(C)C)nn5-c5ccc(C)cc5)c4)CC3)coc2c1. The predicted molar refractivity (Wildman–Crippen MR) is 186 cm³/mol. The summed E-state index contributed by atoms with van der Waals surface area (Å²) in [5, 5.41) is 11.8. The Bertz CT molecular complexity index is 1870. The number of furan rings is 1. The highest BCUT2D eigenvalue weighted by Crippen LogP contribution is 2.29. The normalized spacial score (nSPS) is 13.9. The van der Waals surface area contributed by atoms with Crippen molar-refractivity contribution in [3.05, 3.63) is 101 Å². The zero-order valence-corrected chi connectivity index (χ0v) is 27.8. The summed E-state index contributed by atoms with van der Waals surface area (Å²) in [7, 11) is 1.62. The molecule has 1 saturated heterocycles. The molecule has 1 aliphatic rings. The lowest BCUT2D eigenvalue weighted by Crippen LogP contribution is -2.39. The minimum Gasteiger partial charge on any atom is -0.497 e. The van der Waals surface area contributed by atoms with Crippen LogP contribution in [-0.4, -0.2) is 46.8 Å². The van der Waals surface area contributed by atoms with Crippen molar-refractivity contribution in [3.8, 4) is 11.4 Å². The second-order valence-corrected chi connectivity index (χ2v) is 13.5. The van der Waals surface area contributed by atoms with Gasteiger partial charge in [-0.2, -0.15) is 5.10 Å². The first-order valence-electron chi connectivity index (χ1n) is 16.2. The third-order valence-corrected chi connectivity index (χ3v) is 8.88. The number of hydrogen-bond acceptors (Lipinski definition) is 5. The molecule has 0 spiro atoms. The largest absolute Gasteiger partial charge is 0.497 e. The highest BCUT2D eigenvalue weighted by Gasteiger charge is 2.25. The van der Waals surface area contributed by atoms with Crippen molar-refractivity contribution >= 4 is 34.4 Å². The summed E-state index contributed by atoms with van der Waals surface area (Å²) in [4.78, 5) is 28.3. The Morgan fingerprint density at radius 3 is 2.47 bits per heavy atom. The van der Waals surface area contributed by atoms with E-state index in [1.165, 1.54) is 0 Å². The molecule has 9 heteroatoms.